The third-order valence-electron chi connectivity index (χ3n) is 14.0. The predicted octanol–water partition coefficient (Wildman–Crippen LogP) is 17.7. The van der Waals surface area contributed by atoms with Crippen molar-refractivity contribution in [3.63, 3.8) is 0 Å². The number of nitrogens with zero attached hydrogens (tertiary/aromatic N) is 2. The Bertz CT molecular complexity index is 2780. The lowest BCUT2D eigenvalue weighted by atomic mass is 9.77. The van der Waals surface area contributed by atoms with E-state index in [1.807, 2.05) is 0 Å². The zero-order valence-corrected chi connectivity index (χ0v) is 37.9. The SMILES string of the molecule is CCCC(C)(C)c1ccc(N(c2ccccc2)c2ccc(-c3ccc(N(c4ccccc4)c4ccc(-c5ccc6c(c5)Cc5cc(C(C)(CC)CC)ccc5-6)cc4)cc3)cc2)cc1. The molecule has 314 valence electrons. The van der Waals surface area contributed by atoms with E-state index >= 15 is 0 Å². The second kappa shape index (κ2) is 17.6. The fourth-order valence-corrected chi connectivity index (χ4v) is 9.71. The Morgan fingerprint density at radius 2 is 0.746 bits per heavy atom. The summed E-state index contributed by atoms with van der Waals surface area (Å²) in [6.07, 6.45) is 5.64. The summed E-state index contributed by atoms with van der Waals surface area (Å²) in [6.45, 7) is 14.0. The van der Waals surface area contributed by atoms with E-state index < -0.39 is 0 Å². The van der Waals surface area contributed by atoms with Crippen molar-refractivity contribution in [1.82, 2.24) is 0 Å². The quantitative estimate of drug-likeness (QED) is 0.108. The van der Waals surface area contributed by atoms with Crippen LogP contribution in [0.5, 0.6) is 0 Å². The van der Waals surface area contributed by atoms with Gasteiger partial charge in [-0.3, -0.25) is 0 Å². The Morgan fingerprint density at radius 3 is 1.19 bits per heavy atom. The van der Waals surface area contributed by atoms with Crippen molar-refractivity contribution in [2.45, 2.75) is 84.5 Å². The predicted molar refractivity (Wildman–Crippen MR) is 271 cm³/mol. The van der Waals surface area contributed by atoms with E-state index in [0.717, 1.165) is 53.4 Å². The van der Waals surface area contributed by atoms with Gasteiger partial charge in [0.1, 0.15) is 0 Å². The van der Waals surface area contributed by atoms with Gasteiger partial charge < -0.3 is 9.80 Å². The molecule has 0 radical (unpaired) electrons. The molecule has 0 bridgehead atoms. The normalized spacial score (nSPS) is 12.2. The molecule has 0 fully saturated rings. The van der Waals surface area contributed by atoms with Crippen molar-refractivity contribution in [2.24, 2.45) is 0 Å². The molecule has 0 N–H and O–H groups in total. The first-order chi connectivity index (χ1) is 30.7. The zero-order chi connectivity index (χ0) is 43.6. The maximum absolute atomic E-state index is 2.48. The Hall–Kier alpha value is -6.64. The van der Waals surface area contributed by atoms with E-state index in [4.69, 9.17) is 0 Å². The van der Waals surface area contributed by atoms with Gasteiger partial charge in [0.2, 0.25) is 0 Å². The minimum absolute atomic E-state index is 0.152. The van der Waals surface area contributed by atoms with Crippen molar-refractivity contribution in [3.05, 3.63) is 216 Å². The Balaban J connectivity index is 0.957. The molecule has 1 aliphatic rings. The highest BCUT2D eigenvalue weighted by Crippen LogP contribution is 2.43. The van der Waals surface area contributed by atoms with Crippen LogP contribution in [-0.4, -0.2) is 0 Å². The van der Waals surface area contributed by atoms with Gasteiger partial charge in [0, 0.05) is 34.1 Å². The number of hydrogen-bond donors (Lipinski definition) is 0. The molecule has 63 heavy (non-hydrogen) atoms. The molecular weight excluding hydrogens is 761 g/mol. The zero-order valence-electron chi connectivity index (χ0n) is 37.9. The van der Waals surface area contributed by atoms with Crippen LogP contribution < -0.4 is 9.80 Å². The van der Waals surface area contributed by atoms with Crippen LogP contribution >= 0.6 is 0 Å². The second-order valence-electron chi connectivity index (χ2n) is 18.4. The summed E-state index contributed by atoms with van der Waals surface area (Å²) in [4.78, 5) is 4.69. The molecule has 0 aliphatic heterocycles. The van der Waals surface area contributed by atoms with Gasteiger partial charge in [0.05, 0.1) is 0 Å². The van der Waals surface area contributed by atoms with Crippen LogP contribution in [-0.2, 0) is 17.3 Å². The Kier molecular flexibility index (Phi) is 11.7. The first-order valence-corrected chi connectivity index (χ1v) is 23.1. The fourth-order valence-electron chi connectivity index (χ4n) is 9.71. The summed E-state index contributed by atoms with van der Waals surface area (Å²) in [5, 5.41) is 0. The van der Waals surface area contributed by atoms with Crippen LogP contribution in [0, 0.1) is 0 Å². The van der Waals surface area contributed by atoms with Crippen LogP contribution in [0.2, 0.25) is 0 Å². The summed E-state index contributed by atoms with van der Waals surface area (Å²) in [6, 6.07) is 71.8. The van der Waals surface area contributed by atoms with E-state index in [2.05, 4.69) is 245 Å². The van der Waals surface area contributed by atoms with Gasteiger partial charge in [0.25, 0.3) is 0 Å². The molecule has 0 heterocycles. The molecule has 2 nitrogen and oxygen atoms in total. The molecule has 8 aromatic carbocycles. The number of rotatable bonds is 14. The van der Waals surface area contributed by atoms with Crippen molar-refractivity contribution < 1.29 is 0 Å². The van der Waals surface area contributed by atoms with Crippen molar-refractivity contribution in [2.75, 3.05) is 9.80 Å². The first-order valence-electron chi connectivity index (χ1n) is 23.1. The summed E-state index contributed by atoms with van der Waals surface area (Å²) < 4.78 is 0. The molecule has 0 aromatic heterocycles. The van der Waals surface area contributed by atoms with Crippen molar-refractivity contribution in [1.29, 1.82) is 0 Å². The molecule has 8 aromatic rings. The summed E-state index contributed by atoms with van der Waals surface area (Å²) >= 11 is 0. The van der Waals surface area contributed by atoms with E-state index in [9.17, 15) is 0 Å². The van der Waals surface area contributed by atoms with E-state index in [1.54, 1.807) is 0 Å². The van der Waals surface area contributed by atoms with Crippen LogP contribution in [0.25, 0.3) is 33.4 Å². The molecule has 0 spiro atoms. The van der Waals surface area contributed by atoms with E-state index in [1.165, 1.54) is 68.5 Å². The molecule has 0 saturated carbocycles. The third-order valence-corrected chi connectivity index (χ3v) is 14.0. The second-order valence-corrected chi connectivity index (χ2v) is 18.4. The minimum atomic E-state index is 0.152. The number of fused-ring (bicyclic) bond motifs is 3. The molecule has 0 saturated heterocycles. The van der Waals surface area contributed by atoms with Crippen molar-refractivity contribution >= 4 is 34.1 Å². The highest BCUT2D eigenvalue weighted by Gasteiger charge is 2.26. The number of hydrogen-bond acceptors (Lipinski definition) is 2. The summed E-state index contributed by atoms with van der Waals surface area (Å²) in [5.74, 6) is 0. The lowest BCUT2D eigenvalue weighted by Crippen LogP contribution is -2.19. The van der Waals surface area contributed by atoms with Gasteiger partial charge in [0.15, 0.2) is 0 Å². The smallest absolute Gasteiger partial charge is 0.0462 e. The molecule has 0 amide bonds. The van der Waals surface area contributed by atoms with E-state index in [-0.39, 0.29) is 10.8 Å². The molecule has 9 rings (SSSR count). The maximum atomic E-state index is 2.48. The average Bonchev–Trinajstić information content (AvgIpc) is 3.70. The molecular formula is C61H60N2. The lowest BCUT2D eigenvalue weighted by Gasteiger charge is -2.28. The fraction of sp³-hybridized carbons (Fsp3) is 0.213. The molecule has 0 atom stereocenters. The minimum Gasteiger partial charge on any atom is -0.311 e. The largest absolute Gasteiger partial charge is 0.311 e. The van der Waals surface area contributed by atoms with Gasteiger partial charge in [-0.15, -0.1) is 0 Å². The molecule has 1 aliphatic carbocycles. The Labute approximate surface area is 376 Å². The van der Waals surface area contributed by atoms with Crippen LogP contribution in [0.3, 0.4) is 0 Å². The number of anilines is 6. The van der Waals surface area contributed by atoms with Gasteiger partial charge in [-0.25, -0.2) is 0 Å². The molecule has 0 unspecified atom stereocenters. The number of para-hydroxylation sites is 2. The monoisotopic (exact) mass is 820 g/mol. The summed E-state index contributed by atoms with van der Waals surface area (Å²) in [5.41, 5.74) is 20.5. The van der Waals surface area contributed by atoms with Gasteiger partial charge >= 0.3 is 0 Å². The van der Waals surface area contributed by atoms with Crippen LogP contribution in [0.15, 0.2) is 194 Å². The lowest BCUT2D eigenvalue weighted by molar-refractivity contribution is 0.438. The molecule has 2 heteroatoms. The van der Waals surface area contributed by atoms with Crippen LogP contribution in [0.1, 0.15) is 89.5 Å². The topological polar surface area (TPSA) is 6.48 Å². The van der Waals surface area contributed by atoms with Gasteiger partial charge in [-0.2, -0.15) is 0 Å². The highest BCUT2D eigenvalue weighted by atomic mass is 15.1. The third kappa shape index (κ3) is 8.35. The maximum Gasteiger partial charge on any atom is 0.0462 e. The number of benzene rings is 8. The van der Waals surface area contributed by atoms with Crippen LogP contribution in [0.4, 0.5) is 34.1 Å². The van der Waals surface area contributed by atoms with E-state index in [0.29, 0.717) is 0 Å². The summed E-state index contributed by atoms with van der Waals surface area (Å²) in [7, 11) is 0. The van der Waals surface area contributed by atoms with Gasteiger partial charge in [-0.1, -0.05) is 169 Å². The standard InChI is InChI=1S/C61H60N2/c1-7-40-60(4,5)50-27-36-57(37-28-50)63(53-18-14-11-15-19-53)55-32-22-45(23-33-55)44-20-30-54(31-21-44)62(52-16-12-10-13-17-52)56-34-24-46(25-35-56)47-26-38-58-48(41-47)42-49-43-51(29-39-59(49)58)61(6,8-2)9-3/h10-39,41,43H,7-9,40,42H2,1-6H3. The first kappa shape index (κ1) is 41.7. The highest BCUT2D eigenvalue weighted by molar-refractivity contribution is 5.84. The van der Waals surface area contributed by atoms with Crippen molar-refractivity contribution in [3.8, 4) is 33.4 Å². The average molecular weight is 821 g/mol. The Morgan fingerprint density at radius 1 is 0.381 bits per heavy atom. The van der Waals surface area contributed by atoms with Gasteiger partial charge in [-0.05, 0) is 165 Å².